The van der Waals surface area contributed by atoms with E-state index in [1.54, 1.807) is 24.1 Å². The fourth-order valence-corrected chi connectivity index (χ4v) is 2.63. The molecule has 7 heteroatoms. The standard InChI is InChI=1S/C17H24F2N2O3/c1-12-11-23-13(2)8-21(12)10-16(22)20(3)9-14-4-6-15(7-5-14)24-17(18)19/h4-7,12-13,17H,8-11H2,1-3H3. The number of hydrogen-bond donors (Lipinski definition) is 0. The number of alkyl halides is 2. The van der Waals surface area contributed by atoms with Crippen molar-refractivity contribution in [1.82, 2.24) is 9.80 Å². The van der Waals surface area contributed by atoms with Crippen molar-refractivity contribution in [3.8, 4) is 5.75 Å². The van der Waals surface area contributed by atoms with E-state index in [1.165, 1.54) is 12.1 Å². The monoisotopic (exact) mass is 342 g/mol. The van der Waals surface area contributed by atoms with Crippen molar-refractivity contribution >= 4 is 5.91 Å². The molecule has 2 rings (SSSR count). The normalized spacial score (nSPS) is 21.8. The molecule has 5 nitrogen and oxygen atoms in total. The van der Waals surface area contributed by atoms with Gasteiger partial charge in [-0.15, -0.1) is 0 Å². The third-order valence-corrected chi connectivity index (χ3v) is 4.07. The molecule has 2 unspecified atom stereocenters. The van der Waals surface area contributed by atoms with E-state index in [-0.39, 0.29) is 23.8 Å². The minimum atomic E-state index is -2.84. The maximum atomic E-state index is 12.4. The second-order valence-corrected chi connectivity index (χ2v) is 6.19. The third-order valence-electron chi connectivity index (χ3n) is 4.07. The molecular weight excluding hydrogens is 318 g/mol. The van der Waals surface area contributed by atoms with Crippen molar-refractivity contribution in [2.75, 3.05) is 26.7 Å². The zero-order chi connectivity index (χ0) is 17.7. The molecule has 0 saturated carbocycles. The minimum Gasteiger partial charge on any atom is -0.435 e. The average Bonchev–Trinajstić information content (AvgIpc) is 2.52. The number of amides is 1. The highest BCUT2D eigenvalue weighted by atomic mass is 19.3. The lowest BCUT2D eigenvalue weighted by Gasteiger charge is -2.37. The number of morpholine rings is 1. The molecule has 1 saturated heterocycles. The van der Waals surface area contributed by atoms with Crippen LogP contribution in [0.15, 0.2) is 24.3 Å². The van der Waals surface area contributed by atoms with E-state index in [0.717, 1.165) is 12.1 Å². The molecule has 1 aliphatic rings. The van der Waals surface area contributed by atoms with Gasteiger partial charge in [0, 0.05) is 26.2 Å². The van der Waals surface area contributed by atoms with Crippen molar-refractivity contribution in [3.05, 3.63) is 29.8 Å². The van der Waals surface area contributed by atoms with E-state index >= 15 is 0 Å². The van der Waals surface area contributed by atoms with E-state index in [1.807, 2.05) is 13.8 Å². The number of halogens is 2. The Hall–Kier alpha value is -1.73. The van der Waals surface area contributed by atoms with Crippen LogP contribution in [0.2, 0.25) is 0 Å². The Labute approximate surface area is 141 Å². The van der Waals surface area contributed by atoms with E-state index in [9.17, 15) is 13.6 Å². The Bertz CT molecular complexity index is 539. The smallest absolute Gasteiger partial charge is 0.387 e. The van der Waals surface area contributed by atoms with Crippen LogP contribution >= 0.6 is 0 Å². The van der Waals surface area contributed by atoms with Gasteiger partial charge in [0.1, 0.15) is 5.75 Å². The molecule has 134 valence electrons. The lowest BCUT2D eigenvalue weighted by molar-refractivity contribution is -0.135. The first-order chi connectivity index (χ1) is 11.3. The third kappa shape index (κ3) is 5.42. The zero-order valence-corrected chi connectivity index (χ0v) is 14.2. The summed E-state index contributed by atoms with van der Waals surface area (Å²) in [7, 11) is 1.74. The van der Waals surface area contributed by atoms with E-state index in [0.29, 0.717) is 19.7 Å². The average molecular weight is 342 g/mol. The lowest BCUT2D eigenvalue weighted by atomic mass is 10.2. The van der Waals surface area contributed by atoms with E-state index < -0.39 is 6.61 Å². The molecule has 2 atom stereocenters. The second kappa shape index (κ2) is 8.39. The number of carbonyl (C=O) groups excluding carboxylic acids is 1. The van der Waals surface area contributed by atoms with Gasteiger partial charge in [0.2, 0.25) is 5.91 Å². The maximum Gasteiger partial charge on any atom is 0.387 e. The Morgan fingerprint density at radius 3 is 2.67 bits per heavy atom. The Morgan fingerprint density at radius 2 is 2.04 bits per heavy atom. The van der Waals surface area contributed by atoms with E-state index in [4.69, 9.17) is 4.74 Å². The van der Waals surface area contributed by atoms with Gasteiger partial charge < -0.3 is 14.4 Å². The molecule has 1 fully saturated rings. The number of hydrogen-bond acceptors (Lipinski definition) is 4. The molecule has 0 spiro atoms. The summed E-state index contributed by atoms with van der Waals surface area (Å²) in [6, 6.07) is 6.53. The Kier molecular flexibility index (Phi) is 6.51. The lowest BCUT2D eigenvalue weighted by Crippen LogP contribution is -2.51. The van der Waals surface area contributed by atoms with Crippen molar-refractivity contribution in [1.29, 1.82) is 0 Å². The molecule has 0 N–H and O–H groups in total. The Balaban J connectivity index is 1.86. The van der Waals surface area contributed by atoms with Gasteiger partial charge in [-0.2, -0.15) is 8.78 Å². The minimum absolute atomic E-state index is 0.0175. The van der Waals surface area contributed by atoms with Crippen molar-refractivity contribution in [2.45, 2.75) is 39.1 Å². The second-order valence-electron chi connectivity index (χ2n) is 6.19. The molecule has 0 aliphatic carbocycles. The van der Waals surface area contributed by atoms with Crippen molar-refractivity contribution < 1.29 is 23.0 Å². The predicted molar refractivity (Wildman–Crippen MR) is 86.0 cm³/mol. The van der Waals surface area contributed by atoms with E-state index in [2.05, 4.69) is 9.64 Å². The van der Waals surface area contributed by atoms with Gasteiger partial charge in [-0.1, -0.05) is 12.1 Å². The molecule has 0 radical (unpaired) electrons. The molecule has 0 aromatic heterocycles. The van der Waals surface area contributed by atoms with Crippen LogP contribution in [0.3, 0.4) is 0 Å². The van der Waals surface area contributed by atoms with Crippen molar-refractivity contribution in [2.24, 2.45) is 0 Å². The van der Waals surface area contributed by atoms with Crippen LogP contribution in [0.5, 0.6) is 5.75 Å². The Morgan fingerprint density at radius 1 is 1.38 bits per heavy atom. The number of likely N-dealkylation sites (N-methyl/N-ethyl adjacent to an activating group) is 1. The van der Waals surface area contributed by atoms with Crippen LogP contribution in [-0.4, -0.2) is 61.2 Å². The first kappa shape index (κ1) is 18.6. The molecule has 1 aliphatic heterocycles. The van der Waals surface area contributed by atoms with Crippen molar-refractivity contribution in [3.63, 3.8) is 0 Å². The van der Waals surface area contributed by atoms with Gasteiger partial charge in [0.15, 0.2) is 0 Å². The summed E-state index contributed by atoms with van der Waals surface area (Å²) in [5.74, 6) is 0.128. The fraction of sp³-hybridized carbons (Fsp3) is 0.588. The molecule has 1 aromatic rings. The number of ether oxygens (including phenoxy) is 2. The fourth-order valence-electron chi connectivity index (χ4n) is 2.63. The molecule has 0 bridgehead atoms. The first-order valence-electron chi connectivity index (χ1n) is 7.98. The van der Waals surface area contributed by atoms with Crippen LogP contribution in [0.25, 0.3) is 0 Å². The van der Waals surface area contributed by atoms with Gasteiger partial charge in [-0.05, 0) is 31.5 Å². The SMILES string of the molecule is CC1CN(CC(=O)N(C)Cc2ccc(OC(F)F)cc2)C(C)CO1. The number of nitrogens with zero attached hydrogens (tertiary/aromatic N) is 2. The molecular formula is C17H24F2N2O3. The quantitative estimate of drug-likeness (QED) is 0.796. The first-order valence-corrected chi connectivity index (χ1v) is 7.98. The highest BCUT2D eigenvalue weighted by molar-refractivity contribution is 5.78. The molecule has 1 amide bonds. The molecule has 1 heterocycles. The number of carbonyl (C=O) groups is 1. The summed E-state index contributed by atoms with van der Waals surface area (Å²) in [6.45, 7) is 3.33. The van der Waals surface area contributed by atoms with Gasteiger partial charge in [0.25, 0.3) is 0 Å². The van der Waals surface area contributed by atoms with Gasteiger partial charge >= 0.3 is 6.61 Å². The summed E-state index contributed by atoms with van der Waals surface area (Å²) in [5, 5.41) is 0. The van der Waals surface area contributed by atoms with Crippen LogP contribution in [-0.2, 0) is 16.1 Å². The topological polar surface area (TPSA) is 42.0 Å². The van der Waals surface area contributed by atoms with Crippen LogP contribution < -0.4 is 4.74 Å². The van der Waals surface area contributed by atoms with Gasteiger partial charge in [-0.3, -0.25) is 9.69 Å². The maximum absolute atomic E-state index is 12.4. The molecule has 24 heavy (non-hydrogen) atoms. The highest BCUT2D eigenvalue weighted by Gasteiger charge is 2.26. The summed E-state index contributed by atoms with van der Waals surface area (Å²) in [5.41, 5.74) is 0.857. The number of rotatable bonds is 6. The van der Waals surface area contributed by atoms with Gasteiger partial charge in [-0.25, -0.2) is 0 Å². The predicted octanol–water partition coefficient (Wildman–Crippen LogP) is 2.36. The summed E-state index contributed by atoms with van der Waals surface area (Å²) < 4.78 is 34.1. The summed E-state index contributed by atoms with van der Waals surface area (Å²) in [4.78, 5) is 16.2. The number of benzene rings is 1. The summed E-state index contributed by atoms with van der Waals surface area (Å²) in [6.07, 6.45) is 0.127. The van der Waals surface area contributed by atoms with Crippen LogP contribution in [0, 0.1) is 0 Å². The van der Waals surface area contributed by atoms with Crippen LogP contribution in [0.1, 0.15) is 19.4 Å². The highest BCUT2D eigenvalue weighted by Crippen LogP contribution is 2.16. The summed E-state index contributed by atoms with van der Waals surface area (Å²) >= 11 is 0. The zero-order valence-electron chi connectivity index (χ0n) is 14.2. The molecule has 1 aromatic carbocycles. The van der Waals surface area contributed by atoms with Gasteiger partial charge in [0.05, 0.1) is 19.3 Å². The van der Waals surface area contributed by atoms with Crippen LogP contribution in [0.4, 0.5) is 8.78 Å². The largest absolute Gasteiger partial charge is 0.435 e.